The summed E-state index contributed by atoms with van der Waals surface area (Å²) < 4.78 is 0. The minimum absolute atomic E-state index is 0.0699. The lowest BCUT2D eigenvalue weighted by Crippen LogP contribution is -2.39. The van der Waals surface area contributed by atoms with Crippen molar-refractivity contribution in [2.45, 2.75) is 45.1 Å². The molecule has 2 aromatic heterocycles. The monoisotopic (exact) mass is 441 g/mol. The van der Waals surface area contributed by atoms with E-state index in [4.69, 9.17) is 9.97 Å². The zero-order chi connectivity index (χ0) is 22.8. The smallest absolute Gasteiger partial charge is 0.253 e. The van der Waals surface area contributed by atoms with E-state index in [1.807, 2.05) is 60.4 Å². The van der Waals surface area contributed by atoms with Gasteiger partial charge >= 0.3 is 0 Å². The van der Waals surface area contributed by atoms with Crippen LogP contribution in [0.5, 0.6) is 0 Å². The van der Waals surface area contributed by atoms with Crippen LogP contribution < -0.4 is 4.90 Å². The number of amides is 2. The maximum Gasteiger partial charge on any atom is 0.253 e. The number of aryl methyl sites for hydroxylation is 1. The number of piperidine rings is 1. The predicted octanol–water partition coefficient (Wildman–Crippen LogP) is 3.68. The number of nitrogens with zero attached hydrogens (tertiary/aromatic N) is 5. The van der Waals surface area contributed by atoms with Gasteiger partial charge < -0.3 is 4.90 Å². The summed E-state index contributed by atoms with van der Waals surface area (Å²) in [5.74, 6) is 1.81. The number of likely N-dealkylation sites (tertiary alicyclic amines) is 1. The van der Waals surface area contributed by atoms with Crippen LogP contribution in [0.2, 0.25) is 0 Å². The summed E-state index contributed by atoms with van der Waals surface area (Å²) in [6.45, 7) is 3.77. The molecule has 0 saturated carbocycles. The number of pyridine rings is 1. The summed E-state index contributed by atoms with van der Waals surface area (Å²) in [7, 11) is 0. The lowest BCUT2D eigenvalue weighted by atomic mass is 9.94. The molecular weight excluding hydrogens is 414 g/mol. The SMILES string of the molecule is Cc1nc(C2CCN(C(=O)c3ccccc3)CC2)nc2c1CCC(=O)N2Cc1ccccn1. The van der Waals surface area contributed by atoms with E-state index in [2.05, 4.69) is 4.98 Å². The molecule has 1 fully saturated rings. The van der Waals surface area contributed by atoms with Crippen LogP contribution in [0.4, 0.5) is 5.82 Å². The lowest BCUT2D eigenvalue weighted by Gasteiger charge is -2.33. The summed E-state index contributed by atoms with van der Waals surface area (Å²) >= 11 is 0. The number of fused-ring (bicyclic) bond motifs is 1. The van der Waals surface area contributed by atoms with Crippen LogP contribution in [0.25, 0.3) is 0 Å². The number of carbonyl (C=O) groups is 2. The zero-order valence-electron chi connectivity index (χ0n) is 18.8. The van der Waals surface area contributed by atoms with E-state index in [0.717, 1.165) is 47.0 Å². The minimum atomic E-state index is 0.0699. The number of benzene rings is 1. The van der Waals surface area contributed by atoms with E-state index < -0.39 is 0 Å². The fraction of sp³-hybridized carbons (Fsp3) is 0.346. The van der Waals surface area contributed by atoms with Crippen LogP contribution in [0, 0.1) is 6.92 Å². The first-order chi connectivity index (χ1) is 16.1. The summed E-state index contributed by atoms with van der Waals surface area (Å²) in [6, 6.07) is 15.1. The molecule has 0 spiro atoms. The molecule has 2 amide bonds. The number of aromatic nitrogens is 3. The molecule has 33 heavy (non-hydrogen) atoms. The molecule has 1 saturated heterocycles. The lowest BCUT2D eigenvalue weighted by molar-refractivity contribution is -0.119. The van der Waals surface area contributed by atoms with Gasteiger partial charge in [-0.1, -0.05) is 24.3 Å². The Kier molecular flexibility index (Phi) is 5.86. The van der Waals surface area contributed by atoms with Crippen molar-refractivity contribution in [3.63, 3.8) is 0 Å². The van der Waals surface area contributed by atoms with Crippen LogP contribution in [0.15, 0.2) is 54.7 Å². The van der Waals surface area contributed by atoms with E-state index in [1.165, 1.54) is 0 Å². The molecule has 3 aromatic rings. The predicted molar refractivity (Wildman–Crippen MR) is 125 cm³/mol. The molecule has 0 atom stereocenters. The molecule has 0 N–H and O–H groups in total. The van der Waals surface area contributed by atoms with Crippen molar-refractivity contribution in [1.29, 1.82) is 0 Å². The molecule has 0 unspecified atom stereocenters. The third-order valence-electron chi connectivity index (χ3n) is 6.57. The van der Waals surface area contributed by atoms with Crippen LogP contribution in [0.1, 0.15) is 58.3 Å². The van der Waals surface area contributed by atoms with Gasteiger partial charge in [-0.25, -0.2) is 9.97 Å². The van der Waals surface area contributed by atoms with E-state index in [9.17, 15) is 9.59 Å². The normalized spacial score (nSPS) is 16.6. The number of carbonyl (C=O) groups excluding carboxylic acids is 2. The molecule has 168 valence electrons. The summed E-state index contributed by atoms with van der Waals surface area (Å²) in [6.07, 6.45) is 4.49. The standard InChI is InChI=1S/C26H27N5O2/c1-18-22-10-11-23(32)31(17-21-9-5-6-14-27-21)25(22)29-24(28-18)19-12-15-30(16-13-19)26(33)20-7-3-2-4-8-20/h2-9,14,19H,10-13,15-17H2,1H3. The van der Waals surface area contributed by atoms with E-state index in [-0.39, 0.29) is 17.7 Å². The Morgan fingerprint density at radius 2 is 1.76 bits per heavy atom. The quantitative estimate of drug-likeness (QED) is 0.617. The molecule has 1 aromatic carbocycles. The van der Waals surface area contributed by atoms with Crippen molar-refractivity contribution < 1.29 is 9.59 Å². The van der Waals surface area contributed by atoms with Crippen LogP contribution in [-0.4, -0.2) is 44.8 Å². The summed E-state index contributed by atoms with van der Waals surface area (Å²) in [4.78, 5) is 43.4. The summed E-state index contributed by atoms with van der Waals surface area (Å²) in [5, 5.41) is 0. The second kappa shape index (κ2) is 9.10. The van der Waals surface area contributed by atoms with Crippen molar-refractivity contribution in [1.82, 2.24) is 19.9 Å². The summed E-state index contributed by atoms with van der Waals surface area (Å²) in [5.41, 5.74) is 3.55. The van der Waals surface area contributed by atoms with Gasteiger partial charge in [0.25, 0.3) is 5.91 Å². The first-order valence-corrected chi connectivity index (χ1v) is 11.5. The Morgan fingerprint density at radius 1 is 1.00 bits per heavy atom. The van der Waals surface area contributed by atoms with Gasteiger partial charge in [0, 0.05) is 48.4 Å². The first kappa shape index (κ1) is 21.2. The van der Waals surface area contributed by atoms with Crippen molar-refractivity contribution >= 4 is 17.6 Å². The molecule has 0 bridgehead atoms. The maximum atomic E-state index is 12.8. The average molecular weight is 442 g/mol. The van der Waals surface area contributed by atoms with E-state index >= 15 is 0 Å². The van der Waals surface area contributed by atoms with Gasteiger partial charge in [-0.15, -0.1) is 0 Å². The third kappa shape index (κ3) is 4.35. The highest BCUT2D eigenvalue weighted by Gasteiger charge is 2.31. The highest BCUT2D eigenvalue weighted by atomic mass is 16.2. The molecule has 7 heteroatoms. The number of anilines is 1. The topological polar surface area (TPSA) is 79.3 Å². The molecule has 5 rings (SSSR count). The maximum absolute atomic E-state index is 12.8. The highest BCUT2D eigenvalue weighted by Crippen LogP contribution is 2.33. The minimum Gasteiger partial charge on any atom is -0.339 e. The number of rotatable bonds is 4. The Bertz CT molecular complexity index is 1160. The Morgan fingerprint density at radius 3 is 2.48 bits per heavy atom. The van der Waals surface area contributed by atoms with E-state index in [0.29, 0.717) is 32.5 Å². The highest BCUT2D eigenvalue weighted by molar-refractivity contribution is 5.95. The molecule has 0 aliphatic carbocycles. The van der Waals surface area contributed by atoms with Gasteiger partial charge in [-0.3, -0.25) is 19.5 Å². The van der Waals surface area contributed by atoms with Gasteiger partial charge in [0.05, 0.1) is 12.2 Å². The Labute approximate surface area is 193 Å². The van der Waals surface area contributed by atoms with Gasteiger partial charge in [0.15, 0.2) is 0 Å². The Hall–Kier alpha value is -3.61. The van der Waals surface area contributed by atoms with Gasteiger partial charge in [0.1, 0.15) is 11.6 Å². The number of hydrogen-bond acceptors (Lipinski definition) is 5. The largest absolute Gasteiger partial charge is 0.339 e. The molecule has 2 aliphatic heterocycles. The first-order valence-electron chi connectivity index (χ1n) is 11.5. The average Bonchev–Trinajstić information content (AvgIpc) is 2.86. The molecule has 7 nitrogen and oxygen atoms in total. The van der Waals surface area contributed by atoms with Crippen molar-refractivity contribution in [3.8, 4) is 0 Å². The van der Waals surface area contributed by atoms with Gasteiger partial charge in [-0.05, 0) is 50.5 Å². The fourth-order valence-electron chi connectivity index (χ4n) is 4.71. The Balaban J connectivity index is 1.36. The van der Waals surface area contributed by atoms with Crippen LogP contribution in [-0.2, 0) is 17.8 Å². The second-order valence-corrected chi connectivity index (χ2v) is 8.70. The van der Waals surface area contributed by atoms with E-state index in [1.54, 1.807) is 11.1 Å². The third-order valence-corrected chi connectivity index (χ3v) is 6.57. The second-order valence-electron chi connectivity index (χ2n) is 8.70. The molecule has 2 aliphatic rings. The van der Waals surface area contributed by atoms with Crippen LogP contribution in [0.3, 0.4) is 0 Å². The molecular formula is C26H27N5O2. The van der Waals surface area contributed by atoms with Gasteiger partial charge in [0.2, 0.25) is 5.91 Å². The van der Waals surface area contributed by atoms with Crippen LogP contribution >= 0.6 is 0 Å². The molecule has 0 radical (unpaired) electrons. The zero-order valence-corrected chi connectivity index (χ0v) is 18.8. The fourth-order valence-corrected chi connectivity index (χ4v) is 4.71. The van der Waals surface area contributed by atoms with Gasteiger partial charge in [-0.2, -0.15) is 0 Å². The van der Waals surface area contributed by atoms with Crippen molar-refractivity contribution in [3.05, 3.63) is 83.1 Å². The van der Waals surface area contributed by atoms with Crippen molar-refractivity contribution in [2.24, 2.45) is 0 Å². The van der Waals surface area contributed by atoms with Crippen molar-refractivity contribution in [2.75, 3.05) is 18.0 Å². The number of hydrogen-bond donors (Lipinski definition) is 0. The molecule has 4 heterocycles.